The van der Waals surface area contributed by atoms with E-state index in [1.54, 1.807) is 48.5 Å². The third-order valence-electron chi connectivity index (χ3n) is 5.82. The Morgan fingerprint density at radius 3 is 2.36 bits per heavy atom. The lowest BCUT2D eigenvalue weighted by atomic mass is 10.1. The first-order chi connectivity index (χ1) is 18.8. The highest BCUT2D eigenvalue weighted by Crippen LogP contribution is 2.28. The average Bonchev–Trinajstić information content (AvgIpc) is 3.34. The molecule has 2 N–H and O–H groups in total. The van der Waals surface area contributed by atoms with Gasteiger partial charge in [0.25, 0.3) is 21.8 Å². The molecule has 0 atom stereocenters. The van der Waals surface area contributed by atoms with Crippen molar-refractivity contribution in [2.75, 3.05) is 12.4 Å². The third kappa shape index (κ3) is 5.20. The molecular weight excluding hydrogens is 523 g/mol. The smallest absolute Gasteiger partial charge is 0.269 e. The normalized spacial score (nSPS) is 11.2. The summed E-state index contributed by atoms with van der Waals surface area (Å²) in [6.07, 6.45) is 2.64. The average molecular weight is 545 g/mol. The number of hydrogen-bond acceptors (Lipinski definition) is 6. The summed E-state index contributed by atoms with van der Waals surface area (Å²) >= 11 is 0. The molecule has 196 valence electrons. The molecule has 0 spiro atoms. The standard InChI is InChI=1S/C28H21FN4O5S/c1-30-28(35)25-16-21(13-14-31-25)38-20-10-8-19(9-11-20)32-27(34)24-17-33(26-12-7-18(29)15-23(24)26)39(36,37)22-5-3-2-4-6-22/h2-17H,1H3,(H,30,35)(H,32,34). The SMILES string of the molecule is CNC(=O)c1cc(Oc2ccc(NC(=O)c3cn(S(=O)(=O)c4ccccc4)c4ccc(F)cc34)cc2)ccn1. The van der Waals surface area contributed by atoms with Gasteiger partial charge in [0.2, 0.25) is 0 Å². The van der Waals surface area contributed by atoms with Crippen LogP contribution >= 0.6 is 0 Å². The predicted molar refractivity (Wildman–Crippen MR) is 143 cm³/mol. The van der Waals surface area contributed by atoms with Gasteiger partial charge in [-0.25, -0.2) is 16.8 Å². The number of carbonyl (C=O) groups excluding carboxylic acids is 2. The number of nitrogens with zero attached hydrogens (tertiary/aromatic N) is 2. The van der Waals surface area contributed by atoms with Crippen molar-refractivity contribution in [1.29, 1.82) is 0 Å². The van der Waals surface area contributed by atoms with Crippen LogP contribution in [0.3, 0.4) is 0 Å². The Kier molecular flexibility index (Phi) is 6.82. The minimum Gasteiger partial charge on any atom is -0.457 e. The third-order valence-corrected chi connectivity index (χ3v) is 7.50. The monoisotopic (exact) mass is 544 g/mol. The maximum Gasteiger partial charge on any atom is 0.269 e. The van der Waals surface area contributed by atoms with Gasteiger partial charge in [-0.05, 0) is 60.7 Å². The Hall–Kier alpha value is -5.03. The van der Waals surface area contributed by atoms with Crippen LogP contribution < -0.4 is 15.4 Å². The fourth-order valence-corrected chi connectivity index (χ4v) is 5.32. The first-order valence-corrected chi connectivity index (χ1v) is 13.1. The molecule has 0 saturated heterocycles. The fourth-order valence-electron chi connectivity index (χ4n) is 3.93. The summed E-state index contributed by atoms with van der Waals surface area (Å²) in [5, 5.41) is 5.35. The molecule has 5 aromatic rings. The second-order valence-electron chi connectivity index (χ2n) is 8.35. The molecule has 11 heteroatoms. The molecule has 0 aliphatic heterocycles. The van der Waals surface area contributed by atoms with Crippen molar-refractivity contribution in [3.63, 3.8) is 0 Å². The minimum absolute atomic E-state index is 0.0113. The van der Waals surface area contributed by atoms with Crippen LogP contribution in [0.2, 0.25) is 0 Å². The quantitative estimate of drug-likeness (QED) is 0.303. The van der Waals surface area contributed by atoms with E-state index in [0.717, 1.165) is 16.1 Å². The van der Waals surface area contributed by atoms with Gasteiger partial charge in [-0.2, -0.15) is 0 Å². The van der Waals surface area contributed by atoms with E-state index in [0.29, 0.717) is 17.2 Å². The highest BCUT2D eigenvalue weighted by Gasteiger charge is 2.24. The van der Waals surface area contributed by atoms with Crippen molar-refractivity contribution in [3.05, 3.63) is 114 Å². The largest absolute Gasteiger partial charge is 0.457 e. The zero-order valence-corrected chi connectivity index (χ0v) is 21.3. The van der Waals surface area contributed by atoms with Crippen molar-refractivity contribution in [2.24, 2.45) is 0 Å². The molecule has 2 aromatic heterocycles. The van der Waals surface area contributed by atoms with Crippen molar-refractivity contribution in [3.8, 4) is 11.5 Å². The highest BCUT2D eigenvalue weighted by atomic mass is 32.2. The molecule has 39 heavy (non-hydrogen) atoms. The molecular formula is C28H21FN4O5S. The summed E-state index contributed by atoms with van der Waals surface area (Å²) in [7, 11) is -2.54. The van der Waals surface area contributed by atoms with Crippen molar-refractivity contribution < 1.29 is 27.1 Å². The molecule has 0 aliphatic carbocycles. The topological polar surface area (TPSA) is 119 Å². The van der Waals surface area contributed by atoms with Gasteiger partial charge in [-0.15, -0.1) is 0 Å². The number of halogens is 1. The summed E-state index contributed by atoms with van der Waals surface area (Å²) in [6, 6.07) is 20.8. The van der Waals surface area contributed by atoms with E-state index in [1.165, 1.54) is 43.7 Å². The second-order valence-corrected chi connectivity index (χ2v) is 10.2. The first kappa shape index (κ1) is 25.6. The van der Waals surface area contributed by atoms with Gasteiger partial charge >= 0.3 is 0 Å². The van der Waals surface area contributed by atoms with Crippen LogP contribution in [0.1, 0.15) is 20.8 Å². The lowest BCUT2D eigenvalue weighted by Crippen LogP contribution is -2.18. The van der Waals surface area contributed by atoms with Crippen molar-refractivity contribution in [1.82, 2.24) is 14.3 Å². The van der Waals surface area contributed by atoms with Crippen molar-refractivity contribution >= 4 is 38.4 Å². The number of hydrogen-bond donors (Lipinski definition) is 2. The van der Waals surface area contributed by atoms with Gasteiger partial charge in [0.15, 0.2) is 0 Å². The molecule has 0 bridgehead atoms. The Labute approximate surface area is 222 Å². The predicted octanol–water partition coefficient (Wildman–Crippen LogP) is 4.82. The number of anilines is 1. The lowest BCUT2D eigenvalue weighted by Gasteiger charge is -2.09. The van der Waals surface area contributed by atoms with E-state index in [4.69, 9.17) is 4.74 Å². The van der Waals surface area contributed by atoms with Crippen LogP contribution in [0.25, 0.3) is 10.9 Å². The number of rotatable bonds is 7. The molecule has 0 fully saturated rings. The Morgan fingerprint density at radius 1 is 0.897 bits per heavy atom. The fraction of sp³-hybridized carbons (Fsp3) is 0.0357. The molecule has 9 nitrogen and oxygen atoms in total. The van der Waals surface area contributed by atoms with Crippen molar-refractivity contribution in [2.45, 2.75) is 4.90 Å². The van der Waals surface area contributed by atoms with E-state index < -0.39 is 21.7 Å². The van der Waals surface area contributed by atoms with Crippen LogP contribution in [-0.2, 0) is 10.0 Å². The number of pyridine rings is 1. The minimum atomic E-state index is -4.04. The number of nitrogens with one attached hydrogen (secondary N) is 2. The van der Waals surface area contributed by atoms with Gasteiger partial charge in [0.1, 0.15) is 23.0 Å². The van der Waals surface area contributed by atoms with E-state index in [1.807, 2.05) is 0 Å². The molecule has 0 saturated carbocycles. The molecule has 5 rings (SSSR count). The number of aromatic nitrogens is 2. The van der Waals surface area contributed by atoms with Crippen LogP contribution in [0.4, 0.5) is 10.1 Å². The molecule has 3 aromatic carbocycles. The number of amides is 2. The number of benzene rings is 3. The van der Waals surface area contributed by atoms with Gasteiger partial charge < -0.3 is 15.4 Å². The number of carbonyl (C=O) groups is 2. The molecule has 0 aliphatic rings. The lowest BCUT2D eigenvalue weighted by molar-refractivity contribution is 0.0957. The maximum atomic E-state index is 14.1. The first-order valence-electron chi connectivity index (χ1n) is 11.6. The van der Waals surface area contributed by atoms with E-state index >= 15 is 0 Å². The molecule has 2 amide bonds. The summed E-state index contributed by atoms with van der Waals surface area (Å²) in [5.41, 5.74) is 0.755. The van der Waals surface area contributed by atoms with Crippen LogP contribution in [-0.4, -0.2) is 36.2 Å². The van der Waals surface area contributed by atoms with Crippen LogP contribution in [0, 0.1) is 5.82 Å². The summed E-state index contributed by atoms with van der Waals surface area (Å²) in [6.45, 7) is 0. The molecule has 0 radical (unpaired) electrons. The van der Waals surface area contributed by atoms with E-state index in [2.05, 4.69) is 15.6 Å². The molecule has 2 heterocycles. The Balaban J connectivity index is 1.40. The zero-order chi connectivity index (χ0) is 27.6. The summed E-state index contributed by atoms with van der Waals surface area (Å²) in [4.78, 5) is 29.0. The number of fused-ring (bicyclic) bond motifs is 1. The Bertz CT molecular complexity index is 1800. The van der Waals surface area contributed by atoms with Gasteiger partial charge in [-0.3, -0.25) is 14.6 Å². The van der Waals surface area contributed by atoms with Gasteiger partial charge in [0, 0.05) is 36.6 Å². The highest BCUT2D eigenvalue weighted by molar-refractivity contribution is 7.90. The Morgan fingerprint density at radius 2 is 1.64 bits per heavy atom. The van der Waals surface area contributed by atoms with Crippen LogP contribution in [0.5, 0.6) is 11.5 Å². The van der Waals surface area contributed by atoms with Crippen LogP contribution in [0.15, 0.2) is 102 Å². The summed E-state index contributed by atoms with van der Waals surface area (Å²) < 4.78 is 47.4. The summed E-state index contributed by atoms with van der Waals surface area (Å²) in [5.74, 6) is -0.741. The maximum absolute atomic E-state index is 14.1. The van der Waals surface area contributed by atoms with E-state index in [9.17, 15) is 22.4 Å². The molecule has 0 unspecified atom stereocenters. The zero-order valence-electron chi connectivity index (χ0n) is 20.5. The van der Waals surface area contributed by atoms with Gasteiger partial charge in [0.05, 0.1) is 16.0 Å². The van der Waals surface area contributed by atoms with Gasteiger partial charge in [-0.1, -0.05) is 18.2 Å². The number of ether oxygens (including phenoxy) is 1. The van der Waals surface area contributed by atoms with E-state index in [-0.39, 0.29) is 33.0 Å². The second kappa shape index (κ2) is 10.4.